The molecule has 2 heterocycles. The maximum Gasteiger partial charge on any atom is 0.254 e. The van der Waals surface area contributed by atoms with Gasteiger partial charge in [0.15, 0.2) is 0 Å². The van der Waals surface area contributed by atoms with Crippen LogP contribution in [0, 0.1) is 11.8 Å². The van der Waals surface area contributed by atoms with Crippen LogP contribution in [0.2, 0.25) is 0 Å². The standard InChI is InChI=1S/C25H27N3O3/c1-26(2)14-6-7-18-10-12-19(13-11-18)24-21-15-27(16-23(30)28(21)22(24)17-29)25(31)20-8-4-3-5-9-20/h3-5,8-13,21-22,24,29H,14-17H2,1-2H3/t21-,22-,24-/m0/s1. The van der Waals surface area contributed by atoms with Crippen molar-refractivity contribution in [2.45, 2.75) is 18.0 Å². The summed E-state index contributed by atoms with van der Waals surface area (Å²) in [5, 5.41) is 9.95. The SMILES string of the molecule is CN(C)CC#Cc1ccc([C@@H]2[C@H](CO)N3C(=O)CN(C(=O)c4ccccc4)C[C@@H]23)cc1. The summed E-state index contributed by atoms with van der Waals surface area (Å²) in [5.41, 5.74) is 2.57. The highest BCUT2D eigenvalue weighted by Gasteiger charge is 2.54. The van der Waals surface area contributed by atoms with Gasteiger partial charge in [-0.05, 0) is 43.9 Å². The van der Waals surface area contributed by atoms with Gasteiger partial charge in [0.25, 0.3) is 5.91 Å². The Morgan fingerprint density at radius 1 is 1.13 bits per heavy atom. The maximum absolute atomic E-state index is 12.9. The van der Waals surface area contributed by atoms with E-state index < -0.39 is 0 Å². The van der Waals surface area contributed by atoms with Gasteiger partial charge in [0, 0.05) is 23.6 Å². The van der Waals surface area contributed by atoms with Crippen LogP contribution in [0.3, 0.4) is 0 Å². The number of piperazine rings is 1. The first-order valence-corrected chi connectivity index (χ1v) is 10.5. The lowest BCUT2D eigenvalue weighted by Crippen LogP contribution is -2.73. The van der Waals surface area contributed by atoms with E-state index in [1.807, 2.05) is 61.5 Å². The van der Waals surface area contributed by atoms with Gasteiger partial charge in [0.05, 0.1) is 25.2 Å². The van der Waals surface area contributed by atoms with E-state index in [9.17, 15) is 14.7 Å². The molecule has 31 heavy (non-hydrogen) atoms. The number of carbonyl (C=O) groups excluding carboxylic acids is 2. The largest absolute Gasteiger partial charge is 0.394 e. The first-order chi connectivity index (χ1) is 15.0. The molecule has 2 aromatic carbocycles. The van der Waals surface area contributed by atoms with Crippen molar-refractivity contribution in [3.8, 4) is 11.8 Å². The summed E-state index contributed by atoms with van der Waals surface area (Å²) in [7, 11) is 3.96. The molecule has 0 spiro atoms. The van der Waals surface area contributed by atoms with E-state index in [4.69, 9.17) is 0 Å². The highest BCUT2D eigenvalue weighted by atomic mass is 16.3. The lowest BCUT2D eigenvalue weighted by Gasteiger charge is -2.58. The fourth-order valence-corrected chi connectivity index (χ4v) is 4.51. The molecular weight excluding hydrogens is 390 g/mol. The van der Waals surface area contributed by atoms with Crippen molar-refractivity contribution >= 4 is 11.8 Å². The summed E-state index contributed by atoms with van der Waals surface area (Å²) in [6.45, 7) is 1.12. The van der Waals surface area contributed by atoms with Crippen LogP contribution in [-0.4, -0.2) is 84.0 Å². The van der Waals surface area contributed by atoms with Crippen LogP contribution >= 0.6 is 0 Å². The number of aliphatic hydroxyl groups is 1. The molecular formula is C25H27N3O3. The van der Waals surface area contributed by atoms with E-state index in [0.29, 0.717) is 18.7 Å². The smallest absolute Gasteiger partial charge is 0.254 e. The topological polar surface area (TPSA) is 64.1 Å². The van der Waals surface area contributed by atoms with Gasteiger partial charge < -0.3 is 14.9 Å². The number of hydrogen-bond donors (Lipinski definition) is 1. The summed E-state index contributed by atoms with van der Waals surface area (Å²) in [6.07, 6.45) is 0. The molecule has 2 aliphatic rings. The van der Waals surface area contributed by atoms with Crippen LogP contribution in [0.1, 0.15) is 27.4 Å². The number of fused-ring (bicyclic) bond motifs is 1. The molecule has 2 amide bonds. The average molecular weight is 418 g/mol. The van der Waals surface area contributed by atoms with E-state index in [1.54, 1.807) is 21.9 Å². The minimum absolute atomic E-state index is 0.0101. The van der Waals surface area contributed by atoms with Crippen LogP contribution in [0.4, 0.5) is 0 Å². The summed E-state index contributed by atoms with van der Waals surface area (Å²) in [6, 6.07) is 16.7. The number of nitrogens with zero attached hydrogens (tertiary/aromatic N) is 3. The molecule has 0 aromatic heterocycles. The predicted molar refractivity (Wildman–Crippen MR) is 118 cm³/mol. The lowest BCUT2D eigenvalue weighted by molar-refractivity contribution is -0.159. The molecule has 6 heteroatoms. The van der Waals surface area contributed by atoms with Gasteiger partial charge in [-0.2, -0.15) is 0 Å². The number of benzene rings is 2. The fraction of sp³-hybridized carbons (Fsp3) is 0.360. The molecule has 2 saturated heterocycles. The molecule has 0 unspecified atom stereocenters. The number of aliphatic hydroxyl groups excluding tert-OH is 1. The molecule has 0 radical (unpaired) electrons. The molecule has 0 bridgehead atoms. The average Bonchev–Trinajstić information content (AvgIpc) is 2.76. The van der Waals surface area contributed by atoms with E-state index in [-0.39, 0.29) is 43.0 Å². The molecule has 3 atom stereocenters. The molecule has 2 aliphatic heterocycles. The molecule has 2 aromatic rings. The van der Waals surface area contributed by atoms with E-state index >= 15 is 0 Å². The summed E-state index contributed by atoms with van der Waals surface area (Å²) in [4.78, 5) is 31.1. The van der Waals surface area contributed by atoms with Gasteiger partial charge in [-0.15, -0.1) is 0 Å². The number of hydrogen-bond acceptors (Lipinski definition) is 4. The molecule has 160 valence electrons. The number of amides is 2. The zero-order chi connectivity index (χ0) is 22.0. The van der Waals surface area contributed by atoms with Crippen molar-refractivity contribution in [3.63, 3.8) is 0 Å². The van der Waals surface area contributed by atoms with Crippen molar-refractivity contribution in [2.75, 3.05) is 40.3 Å². The zero-order valence-corrected chi connectivity index (χ0v) is 17.9. The Labute approximate surface area is 183 Å². The van der Waals surface area contributed by atoms with Gasteiger partial charge in [0.2, 0.25) is 5.91 Å². The third kappa shape index (κ3) is 4.20. The predicted octanol–water partition coefficient (Wildman–Crippen LogP) is 1.41. The maximum atomic E-state index is 12.9. The molecule has 0 aliphatic carbocycles. The van der Waals surface area contributed by atoms with Gasteiger partial charge in [-0.3, -0.25) is 14.5 Å². The quantitative estimate of drug-likeness (QED) is 0.765. The van der Waals surface area contributed by atoms with Crippen LogP contribution in [0.15, 0.2) is 54.6 Å². The number of carbonyl (C=O) groups is 2. The van der Waals surface area contributed by atoms with Gasteiger partial charge in [-0.1, -0.05) is 42.2 Å². The Balaban J connectivity index is 1.52. The lowest BCUT2D eigenvalue weighted by atomic mass is 9.73. The Morgan fingerprint density at radius 3 is 2.48 bits per heavy atom. The fourth-order valence-electron chi connectivity index (χ4n) is 4.51. The van der Waals surface area contributed by atoms with Crippen LogP contribution in [0.25, 0.3) is 0 Å². The van der Waals surface area contributed by atoms with Crippen LogP contribution < -0.4 is 0 Å². The van der Waals surface area contributed by atoms with Crippen LogP contribution in [-0.2, 0) is 4.79 Å². The molecule has 4 rings (SSSR count). The van der Waals surface area contributed by atoms with Crippen molar-refractivity contribution < 1.29 is 14.7 Å². The summed E-state index contributed by atoms with van der Waals surface area (Å²) >= 11 is 0. The van der Waals surface area contributed by atoms with Gasteiger partial charge in [0.1, 0.15) is 6.54 Å². The Bertz CT molecular complexity index is 1010. The summed E-state index contributed by atoms with van der Waals surface area (Å²) < 4.78 is 0. The highest BCUT2D eigenvalue weighted by molar-refractivity contribution is 5.97. The van der Waals surface area contributed by atoms with E-state index in [2.05, 4.69) is 11.8 Å². The van der Waals surface area contributed by atoms with E-state index in [0.717, 1.165) is 11.1 Å². The minimum atomic E-state index is -0.253. The first-order valence-electron chi connectivity index (χ1n) is 10.5. The Hall–Kier alpha value is -3.14. The second kappa shape index (κ2) is 8.93. The number of rotatable bonds is 4. The Morgan fingerprint density at radius 2 is 1.84 bits per heavy atom. The third-order valence-corrected chi connectivity index (χ3v) is 5.98. The zero-order valence-electron chi connectivity index (χ0n) is 17.9. The second-order valence-corrected chi connectivity index (χ2v) is 8.36. The monoisotopic (exact) mass is 417 g/mol. The second-order valence-electron chi connectivity index (χ2n) is 8.36. The molecule has 1 N–H and O–H groups in total. The third-order valence-electron chi connectivity index (χ3n) is 5.98. The molecule has 2 fully saturated rings. The van der Waals surface area contributed by atoms with Crippen molar-refractivity contribution in [2.24, 2.45) is 0 Å². The van der Waals surface area contributed by atoms with Gasteiger partial charge in [-0.25, -0.2) is 0 Å². The first kappa shape index (κ1) is 21.1. The molecule has 0 saturated carbocycles. The summed E-state index contributed by atoms with van der Waals surface area (Å²) in [5.74, 6) is 6.02. The normalized spacial score (nSPS) is 22.5. The Kier molecular flexibility index (Phi) is 6.08. The molecule has 6 nitrogen and oxygen atoms in total. The van der Waals surface area contributed by atoms with Crippen molar-refractivity contribution in [1.82, 2.24) is 14.7 Å². The minimum Gasteiger partial charge on any atom is -0.394 e. The van der Waals surface area contributed by atoms with E-state index in [1.165, 1.54) is 0 Å². The van der Waals surface area contributed by atoms with Gasteiger partial charge >= 0.3 is 0 Å². The van der Waals surface area contributed by atoms with Crippen LogP contribution in [0.5, 0.6) is 0 Å². The van der Waals surface area contributed by atoms with Crippen molar-refractivity contribution in [3.05, 3.63) is 71.3 Å². The highest BCUT2D eigenvalue weighted by Crippen LogP contribution is 2.43. The van der Waals surface area contributed by atoms with Crippen molar-refractivity contribution in [1.29, 1.82) is 0 Å².